The molecule has 3 heteroatoms. The number of aliphatic hydroxyl groups is 1. The zero-order chi connectivity index (χ0) is 13.8. The highest BCUT2D eigenvalue weighted by atomic mass is 16.5. The molecule has 0 spiro atoms. The van der Waals surface area contributed by atoms with E-state index in [1.54, 1.807) is 0 Å². The molecule has 3 rings (SSSR count). The van der Waals surface area contributed by atoms with Gasteiger partial charge in [0.05, 0.1) is 6.61 Å². The van der Waals surface area contributed by atoms with Crippen molar-refractivity contribution in [3.05, 3.63) is 29.8 Å². The van der Waals surface area contributed by atoms with Crippen LogP contribution in [-0.2, 0) is 6.42 Å². The lowest BCUT2D eigenvalue weighted by Gasteiger charge is -2.35. The maximum Gasteiger partial charge on any atom is 0.123 e. The highest BCUT2D eigenvalue weighted by Gasteiger charge is 2.28. The Bertz CT molecular complexity index is 404. The molecule has 110 valence electrons. The van der Waals surface area contributed by atoms with Crippen LogP contribution in [0.1, 0.15) is 37.7 Å². The highest BCUT2D eigenvalue weighted by molar-refractivity contribution is 5.37. The fourth-order valence-corrected chi connectivity index (χ4v) is 3.61. The lowest BCUT2D eigenvalue weighted by atomic mass is 9.94. The molecule has 1 aliphatic carbocycles. The number of rotatable bonds is 5. The molecule has 1 aliphatic heterocycles. The predicted molar refractivity (Wildman–Crippen MR) is 80.1 cm³/mol. The number of hydrogen-bond donors (Lipinski definition) is 1. The molecular formula is C17H25NO2. The molecule has 0 radical (unpaired) electrons. The summed E-state index contributed by atoms with van der Waals surface area (Å²) in [5.41, 5.74) is 1.32. The summed E-state index contributed by atoms with van der Waals surface area (Å²) in [6.07, 6.45) is 7.84. The van der Waals surface area contributed by atoms with Crippen LogP contribution >= 0.6 is 0 Å². The van der Waals surface area contributed by atoms with Gasteiger partial charge in [0.25, 0.3) is 0 Å². The van der Waals surface area contributed by atoms with Gasteiger partial charge in [0, 0.05) is 25.6 Å². The van der Waals surface area contributed by atoms with E-state index in [9.17, 15) is 5.11 Å². The summed E-state index contributed by atoms with van der Waals surface area (Å²) >= 11 is 0. The van der Waals surface area contributed by atoms with E-state index in [1.165, 1.54) is 37.7 Å². The van der Waals surface area contributed by atoms with Crippen LogP contribution in [0.3, 0.4) is 0 Å². The Labute approximate surface area is 121 Å². The Hall–Kier alpha value is -1.06. The second kappa shape index (κ2) is 6.59. The molecular weight excluding hydrogens is 250 g/mol. The summed E-state index contributed by atoms with van der Waals surface area (Å²) < 4.78 is 6.05. The SMILES string of the molecule is OCCN(CC1Cc2ccccc2O1)C1CCCCC1. The van der Waals surface area contributed by atoms with Crippen molar-refractivity contribution < 1.29 is 9.84 Å². The number of hydrogen-bond acceptors (Lipinski definition) is 3. The molecule has 1 aromatic carbocycles. The van der Waals surface area contributed by atoms with Gasteiger partial charge in [0.2, 0.25) is 0 Å². The average Bonchev–Trinajstić information content (AvgIpc) is 2.90. The molecule has 0 amide bonds. The minimum Gasteiger partial charge on any atom is -0.488 e. The van der Waals surface area contributed by atoms with E-state index in [2.05, 4.69) is 23.1 Å². The van der Waals surface area contributed by atoms with Crippen LogP contribution < -0.4 is 4.74 Å². The summed E-state index contributed by atoms with van der Waals surface area (Å²) in [5.74, 6) is 1.05. The van der Waals surface area contributed by atoms with Gasteiger partial charge in [-0.2, -0.15) is 0 Å². The van der Waals surface area contributed by atoms with Crippen LogP contribution in [0.15, 0.2) is 24.3 Å². The summed E-state index contributed by atoms with van der Waals surface area (Å²) in [6, 6.07) is 8.98. The summed E-state index contributed by atoms with van der Waals surface area (Å²) in [5, 5.41) is 9.33. The van der Waals surface area contributed by atoms with E-state index in [1.807, 2.05) is 6.07 Å². The van der Waals surface area contributed by atoms with E-state index < -0.39 is 0 Å². The van der Waals surface area contributed by atoms with Crippen LogP contribution in [0.25, 0.3) is 0 Å². The Kier molecular flexibility index (Phi) is 4.58. The summed E-state index contributed by atoms with van der Waals surface area (Å²) in [4.78, 5) is 2.45. The van der Waals surface area contributed by atoms with E-state index in [4.69, 9.17) is 4.74 Å². The van der Waals surface area contributed by atoms with Gasteiger partial charge in [0.1, 0.15) is 11.9 Å². The largest absolute Gasteiger partial charge is 0.488 e. The van der Waals surface area contributed by atoms with Crippen LogP contribution in [0.2, 0.25) is 0 Å². The molecule has 1 saturated carbocycles. The Morgan fingerprint density at radius 2 is 1.95 bits per heavy atom. The maximum atomic E-state index is 9.33. The first kappa shape index (κ1) is 13.9. The number of aliphatic hydroxyl groups excluding tert-OH is 1. The number of benzene rings is 1. The van der Waals surface area contributed by atoms with Crippen molar-refractivity contribution in [1.29, 1.82) is 0 Å². The first-order valence-electron chi connectivity index (χ1n) is 7.96. The summed E-state index contributed by atoms with van der Waals surface area (Å²) in [7, 11) is 0. The molecule has 2 aliphatic rings. The number of fused-ring (bicyclic) bond motifs is 1. The third kappa shape index (κ3) is 3.15. The van der Waals surface area contributed by atoms with Crippen LogP contribution in [0.4, 0.5) is 0 Å². The molecule has 1 N–H and O–H groups in total. The molecule has 0 aromatic heterocycles. The minimum atomic E-state index is 0.246. The molecule has 0 saturated heterocycles. The topological polar surface area (TPSA) is 32.7 Å². The standard InChI is InChI=1S/C17H25NO2/c19-11-10-18(15-7-2-1-3-8-15)13-16-12-14-6-4-5-9-17(14)20-16/h4-6,9,15-16,19H,1-3,7-8,10-13H2. The first-order valence-corrected chi connectivity index (χ1v) is 7.96. The lowest BCUT2D eigenvalue weighted by molar-refractivity contribution is 0.0796. The third-order valence-corrected chi connectivity index (χ3v) is 4.63. The summed E-state index contributed by atoms with van der Waals surface area (Å²) in [6.45, 7) is 1.97. The van der Waals surface area contributed by atoms with Gasteiger partial charge < -0.3 is 9.84 Å². The van der Waals surface area contributed by atoms with Crippen molar-refractivity contribution in [3.63, 3.8) is 0 Å². The average molecular weight is 275 g/mol. The Morgan fingerprint density at radius 1 is 1.15 bits per heavy atom. The molecule has 3 nitrogen and oxygen atoms in total. The van der Waals surface area contributed by atoms with Gasteiger partial charge in [-0.25, -0.2) is 0 Å². The predicted octanol–water partition coefficient (Wildman–Crippen LogP) is 2.62. The fraction of sp³-hybridized carbons (Fsp3) is 0.647. The monoisotopic (exact) mass is 275 g/mol. The van der Waals surface area contributed by atoms with E-state index in [-0.39, 0.29) is 12.7 Å². The van der Waals surface area contributed by atoms with Gasteiger partial charge >= 0.3 is 0 Å². The molecule has 1 unspecified atom stereocenters. The second-order valence-corrected chi connectivity index (χ2v) is 6.06. The smallest absolute Gasteiger partial charge is 0.123 e. The lowest BCUT2D eigenvalue weighted by Crippen LogP contribution is -2.44. The highest BCUT2D eigenvalue weighted by Crippen LogP contribution is 2.30. The molecule has 1 atom stereocenters. The van der Waals surface area contributed by atoms with E-state index in [0.717, 1.165) is 25.3 Å². The molecule has 0 bridgehead atoms. The normalized spacial score (nSPS) is 22.8. The van der Waals surface area contributed by atoms with Gasteiger partial charge in [-0.05, 0) is 24.5 Å². The van der Waals surface area contributed by atoms with Crippen molar-refractivity contribution in [3.8, 4) is 5.75 Å². The first-order chi connectivity index (χ1) is 9.86. The zero-order valence-corrected chi connectivity index (χ0v) is 12.1. The van der Waals surface area contributed by atoms with Crippen molar-refractivity contribution in [2.24, 2.45) is 0 Å². The second-order valence-electron chi connectivity index (χ2n) is 6.06. The van der Waals surface area contributed by atoms with E-state index in [0.29, 0.717) is 6.04 Å². The molecule has 1 aromatic rings. The Balaban J connectivity index is 1.60. The van der Waals surface area contributed by atoms with Gasteiger partial charge in [-0.1, -0.05) is 37.5 Å². The molecule has 1 heterocycles. The van der Waals surface area contributed by atoms with Gasteiger partial charge in [0.15, 0.2) is 0 Å². The quantitative estimate of drug-likeness (QED) is 0.896. The Morgan fingerprint density at radius 3 is 2.70 bits per heavy atom. The van der Waals surface area contributed by atoms with Crippen molar-refractivity contribution >= 4 is 0 Å². The van der Waals surface area contributed by atoms with Crippen molar-refractivity contribution in [1.82, 2.24) is 4.90 Å². The van der Waals surface area contributed by atoms with Crippen LogP contribution in [0.5, 0.6) is 5.75 Å². The minimum absolute atomic E-state index is 0.246. The van der Waals surface area contributed by atoms with Crippen LogP contribution in [-0.4, -0.2) is 41.8 Å². The van der Waals surface area contributed by atoms with Gasteiger partial charge in [-0.3, -0.25) is 4.90 Å². The van der Waals surface area contributed by atoms with Crippen molar-refractivity contribution in [2.75, 3.05) is 19.7 Å². The number of para-hydroxylation sites is 1. The molecule has 1 fully saturated rings. The molecule has 20 heavy (non-hydrogen) atoms. The van der Waals surface area contributed by atoms with Crippen LogP contribution in [0, 0.1) is 0 Å². The zero-order valence-electron chi connectivity index (χ0n) is 12.1. The maximum absolute atomic E-state index is 9.33. The number of ether oxygens (including phenoxy) is 1. The fourth-order valence-electron chi connectivity index (χ4n) is 3.61. The van der Waals surface area contributed by atoms with E-state index >= 15 is 0 Å². The third-order valence-electron chi connectivity index (χ3n) is 4.63. The number of nitrogens with zero attached hydrogens (tertiary/aromatic N) is 1. The van der Waals surface area contributed by atoms with Crippen molar-refractivity contribution in [2.45, 2.75) is 50.7 Å². The van der Waals surface area contributed by atoms with Gasteiger partial charge in [-0.15, -0.1) is 0 Å².